The van der Waals surface area contributed by atoms with Crippen molar-refractivity contribution in [2.75, 3.05) is 13.1 Å². The lowest BCUT2D eigenvalue weighted by Crippen LogP contribution is -2.50. The zero-order valence-corrected chi connectivity index (χ0v) is 13.8. The summed E-state index contributed by atoms with van der Waals surface area (Å²) in [6, 6.07) is 0. The number of amides is 1. The molecule has 1 saturated heterocycles. The maximum absolute atomic E-state index is 12.7. The summed E-state index contributed by atoms with van der Waals surface area (Å²) >= 11 is 0. The molecule has 120 valence electrons. The predicted octanol–water partition coefficient (Wildman–Crippen LogP) is 2.86. The highest BCUT2D eigenvalue weighted by atomic mass is 16.5. The van der Waals surface area contributed by atoms with Gasteiger partial charge in [0.1, 0.15) is 0 Å². The summed E-state index contributed by atoms with van der Waals surface area (Å²) < 4.78 is 5.57. The highest BCUT2D eigenvalue weighted by Gasteiger charge is 2.36. The fraction of sp³-hybridized carbons (Fsp3) is 0.882. The van der Waals surface area contributed by atoms with Crippen LogP contribution in [0.2, 0.25) is 0 Å². The lowest BCUT2D eigenvalue weighted by Gasteiger charge is -2.38. The van der Waals surface area contributed by atoms with E-state index in [1.807, 2.05) is 18.7 Å². The molecule has 0 aromatic heterocycles. The molecule has 2 rings (SSSR count). The summed E-state index contributed by atoms with van der Waals surface area (Å²) in [6.45, 7) is 9.84. The molecule has 1 saturated carbocycles. The molecular weight excluding hydrogens is 266 g/mol. The van der Waals surface area contributed by atoms with Gasteiger partial charge in [0.25, 0.3) is 5.91 Å². The first-order valence-electron chi connectivity index (χ1n) is 8.37. The number of nitrogens with zero attached hydrogens (tertiary/aromatic N) is 1. The molecule has 1 aliphatic heterocycles. The van der Waals surface area contributed by atoms with Crippen LogP contribution >= 0.6 is 0 Å². The van der Waals surface area contributed by atoms with Gasteiger partial charge in [-0.15, -0.1) is 0 Å². The summed E-state index contributed by atoms with van der Waals surface area (Å²) in [5.74, 6) is 0.912. The molecule has 1 aliphatic carbocycles. The topological polar surface area (TPSA) is 46.6 Å². The Morgan fingerprint density at radius 2 is 1.67 bits per heavy atom. The number of carbonyl (C=O) groups excluding carboxylic acids is 2. The van der Waals surface area contributed by atoms with Crippen molar-refractivity contribution < 1.29 is 14.3 Å². The largest absolute Gasteiger partial charge is 0.452 e. The van der Waals surface area contributed by atoms with Gasteiger partial charge in [0.05, 0.1) is 5.92 Å². The predicted molar refractivity (Wildman–Crippen MR) is 81.6 cm³/mol. The third-order valence-corrected chi connectivity index (χ3v) is 4.71. The molecule has 0 radical (unpaired) electrons. The van der Waals surface area contributed by atoms with Gasteiger partial charge >= 0.3 is 5.97 Å². The fourth-order valence-corrected chi connectivity index (χ4v) is 3.36. The molecule has 0 aromatic rings. The van der Waals surface area contributed by atoms with E-state index in [4.69, 9.17) is 4.74 Å². The summed E-state index contributed by atoms with van der Waals surface area (Å²) in [4.78, 5) is 26.7. The van der Waals surface area contributed by atoms with Gasteiger partial charge in [-0.1, -0.05) is 34.1 Å². The molecule has 1 amide bonds. The number of carbonyl (C=O) groups is 2. The Balaban J connectivity index is 1.99. The van der Waals surface area contributed by atoms with Crippen molar-refractivity contribution in [3.05, 3.63) is 0 Å². The van der Waals surface area contributed by atoms with E-state index in [1.54, 1.807) is 0 Å². The Kier molecular flexibility index (Phi) is 5.28. The third kappa shape index (κ3) is 3.98. The van der Waals surface area contributed by atoms with Crippen molar-refractivity contribution in [3.63, 3.8) is 0 Å². The van der Waals surface area contributed by atoms with Gasteiger partial charge in [0.2, 0.25) is 0 Å². The second-order valence-electron chi connectivity index (χ2n) is 7.42. The van der Waals surface area contributed by atoms with Gasteiger partial charge in [-0.05, 0) is 37.0 Å². The van der Waals surface area contributed by atoms with Gasteiger partial charge in [-0.2, -0.15) is 0 Å². The van der Waals surface area contributed by atoms with Crippen LogP contribution in [-0.2, 0) is 14.3 Å². The standard InChI is InChI=1S/C17H29NO3/c1-11(2)15(21-17(20)14-6-5-7-14)16(19)18-9-12(3)8-13(4)10-18/h11-15H,5-10H2,1-4H3/t12-,13-,15-/m1/s1. The van der Waals surface area contributed by atoms with Crippen LogP contribution in [-0.4, -0.2) is 36.0 Å². The van der Waals surface area contributed by atoms with E-state index in [1.165, 1.54) is 0 Å². The zero-order chi connectivity index (χ0) is 15.6. The number of hydrogen-bond acceptors (Lipinski definition) is 3. The molecule has 0 bridgehead atoms. The van der Waals surface area contributed by atoms with Gasteiger partial charge in [-0.25, -0.2) is 0 Å². The summed E-state index contributed by atoms with van der Waals surface area (Å²) in [5, 5.41) is 0. The Labute approximate surface area is 128 Å². The van der Waals surface area contributed by atoms with E-state index >= 15 is 0 Å². The lowest BCUT2D eigenvalue weighted by molar-refractivity contribution is -0.169. The van der Waals surface area contributed by atoms with Crippen LogP contribution in [0, 0.1) is 23.7 Å². The molecule has 0 aromatic carbocycles. The van der Waals surface area contributed by atoms with Gasteiger partial charge < -0.3 is 9.64 Å². The number of hydrogen-bond donors (Lipinski definition) is 0. The summed E-state index contributed by atoms with van der Waals surface area (Å²) in [5.41, 5.74) is 0. The van der Waals surface area contributed by atoms with Crippen molar-refractivity contribution in [1.82, 2.24) is 4.90 Å². The molecule has 3 atom stereocenters. The van der Waals surface area contributed by atoms with Gasteiger partial charge in [0.15, 0.2) is 6.10 Å². The minimum atomic E-state index is -0.615. The van der Waals surface area contributed by atoms with E-state index in [0.29, 0.717) is 11.8 Å². The van der Waals surface area contributed by atoms with Crippen LogP contribution in [0.15, 0.2) is 0 Å². The summed E-state index contributed by atoms with van der Waals surface area (Å²) in [6.07, 6.45) is 3.47. The van der Waals surface area contributed by atoms with Crippen molar-refractivity contribution in [3.8, 4) is 0 Å². The molecule has 4 nitrogen and oxygen atoms in total. The number of piperidine rings is 1. The lowest BCUT2D eigenvalue weighted by atomic mass is 9.85. The second kappa shape index (κ2) is 6.80. The van der Waals surface area contributed by atoms with Crippen molar-refractivity contribution in [2.24, 2.45) is 23.7 Å². The quantitative estimate of drug-likeness (QED) is 0.749. The molecule has 2 fully saturated rings. The average Bonchev–Trinajstić information content (AvgIpc) is 2.31. The molecule has 1 heterocycles. The highest BCUT2D eigenvalue weighted by Crippen LogP contribution is 2.29. The maximum Gasteiger partial charge on any atom is 0.309 e. The number of likely N-dealkylation sites (tertiary alicyclic amines) is 1. The van der Waals surface area contributed by atoms with E-state index in [0.717, 1.165) is 38.8 Å². The monoisotopic (exact) mass is 295 g/mol. The van der Waals surface area contributed by atoms with E-state index < -0.39 is 6.10 Å². The minimum Gasteiger partial charge on any atom is -0.452 e. The van der Waals surface area contributed by atoms with E-state index in [2.05, 4.69) is 13.8 Å². The number of rotatable bonds is 4. The first-order chi connectivity index (χ1) is 9.88. The van der Waals surface area contributed by atoms with Crippen molar-refractivity contribution in [2.45, 2.75) is 59.5 Å². The van der Waals surface area contributed by atoms with Crippen LogP contribution in [0.25, 0.3) is 0 Å². The molecule has 0 spiro atoms. The van der Waals surface area contributed by atoms with Crippen molar-refractivity contribution >= 4 is 11.9 Å². The fourth-order valence-electron chi connectivity index (χ4n) is 3.36. The van der Waals surface area contributed by atoms with Crippen LogP contribution in [0.3, 0.4) is 0 Å². The second-order valence-corrected chi connectivity index (χ2v) is 7.42. The number of ether oxygens (including phenoxy) is 1. The molecule has 21 heavy (non-hydrogen) atoms. The Bertz CT molecular complexity index is 379. The number of esters is 1. The molecule has 4 heteroatoms. The first kappa shape index (κ1) is 16.3. The van der Waals surface area contributed by atoms with E-state index in [9.17, 15) is 9.59 Å². The average molecular weight is 295 g/mol. The maximum atomic E-state index is 12.7. The molecule has 0 unspecified atom stereocenters. The normalized spacial score (nSPS) is 28.1. The summed E-state index contributed by atoms with van der Waals surface area (Å²) in [7, 11) is 0. The van der Waals surface area contributed by atoms with Crippen molar-refractivity contribution in [1.29, 1.82) is 0 Å². The third-order valence-electron chi connectivity index (χ3n) is 4.71. The van der Waals surface area contributed by atoms with Crippen LogP contribution in [0.5, 0.6) is 0 Å². The SMILES string of the molecule is CC(C)[C@@H](OC(=O)C1CCC1)C(=O)N1C[C@H](C)C[C@@H](C)C1. The van der Waals surface area contributed by atoms with E-state index in [-0.39, 0.29) is 23.7 Å². The smallest absolute Gasteiger partial charge is 0.309 e. The van der Waals surface area contributed by atoms with Crippen LogP contribution in [0.4, 0.5) is 0 Å². The Hall–Kier alpha value is -1.06. The Morgan fingerprint density at radius 1 is 1.10 bits per heavy atom. The minimum absolute atomic E-state index is 0.00364. The first-order valence-corrected chi connectivity index (χ1v) is 8.37. The Morgan fingerprint density at radius 3 is 2.10 bits per heavy atom. The van der Waals surface area contributed by atoms with Gasteiger partial charge in [0, 0.05) is 13.1 Å². The van der Waals surface area contributed by atoms with Crippen LogP contribution < -0.4 is 0 Å². The van der Waals surface area contributed by atoms with Gasteiger partial charge in [-0.3, -0.25) is 9.59 Å². The molecule has 2 aliphatic rings. The molecule has 0 N–H and O–H groups in total. The van der Waals surface area contributed by atoms with Crippen LogP contribution in [0.1, 0.15) is 53.4 Å². The highest BCUT2D eigenvalue weighted by molar-refractivity contribution is 5.85. The zero-order valence-electron chi connectivity index (χ0n) is 13.8. The molecular formula is C17H29NO3.